The molecular formula is C14H26O11. The molecule has 2 heterocycles. The van der Waals surface area contributed by atoms with Crippen LogP contribution in [0.5, 0.6) is 0 Å². The van der Waals surface area contributed by atoms with E-state index in [4.69, 9.17) is 24.4 Å². The Morgan fingerprint density at radius 3 is 1.96 bits per heavy atom. The Morgan fingerprint density at radius 2 is 1.40 bits per heavy atom. The van der Waals surface area contributed by atoms with Gasteiger partial charge in [-0.1, -0.05) is 0 Å². The van der Waals surface area contributed by atoms with Crippen LogP contribution in [0.4, 0.5) is 0 Å². The van der Waals surface area contributed by atoms with Gasteiger partial charge in [-0.15, -0.1) is 0 Å². The second kappa shape index (κ2) is 8.50. The van der Waals surface area contributed by atoms with Crippen molar-refractivity contribution < 1.29 is 55.1 Å². The summed E-state index contributed by atoms with van der Waals surface area (Å²) in [5.74, 6) is -3.06. The lowest BCUT2D eigenvalue weighted by Crippen LogP contribution is -2.59. The highest BCUT2D eigenvalue weighted by Crippen LogP contribution is 2.34. The number of aliphatic hydroxyl groups is 8. The molecule has 0 aliphatic carbocycles. The summed E-state index contributed by atoms with van der Waals surface area (Å²) in [4.78, 5) is 0. The van der Waals surface area contributed by atoms with Crippen molar-refractivity contribution in [1.29, 1.82) is 0 Å². The summed E-state index contributed by atoms with van der Waals surface area (Å²) in [5.41, 5.74) is 0. The first-order valence-electron chi connectivity index (χ1n) is 7.97. The van der Waals surface area contributed by atoms with E-state index in [2.05, 4.69) is 0 Å². The highest BCUT2D eigenvalue weighted by molar-refractivity contribution is 4.95. The molecule has 0 aromatic rings. The summed E-state index contributed by atoms with van der Waals surface area (Å²) >= 11 is 0. The van der Waals surface area contributed by atoms with Crippen molar-refractivity contribution in [3.8, 4) is 0 Å². The third-order valence-corrected chi connectivity index (χ3v) is 4.69. The number of hydrogen-bond acceptors (Lipinski definition) is 11. The van der Waals surface area contributed by atoms with Crippen LogP contribution in [0, 0.1) is 5.92 Å². The third-order valence-electron chi connectivity index (χ3n) is 4.69. The average Bonchev–Trinajstić information content (AvgIpc) is 2.86. The average molecular weight is 370 g/mol. The van der Waals surface area contributed by atoms with Crippen LogP contribution >= 0.6 is 0 Å². The molecule has 148 valence electrons. The molecule has 25 heavy (non-hydrogen) atoms. The van der Waals surface area contributed by atoms with Crippen molar-refractivity contribution in [1.82, 2.24) is 0 Å². The lowest BCUT2D eigenvalue weighted by Gasteiger charge is -2.40. The molecule has 0 radical (unpaired) electrons. The highest BCUT2D eigenvalue weighted by atomic mass is 16.7. The van der Waals surface area contributed by atoms with E-state index in [0.717, 1.165) is 0 Å². The Bertz CT molecular complexity index is 422. The number of rotatable bonds is 7. The molecule has 9 atom stereocenters. The van der Waals surface area contributed by atoms with Gasteiger partial charge in [0.05, 0.1) is 39.1 Å². The zero-order chi connectivity index (χ0) is 18.8. The standard InChI is InChI=1S/C14H26O11/c15-1-7-6(13(21)14(22,5-17)25-7)3-23-4-9-11(19)12(20)10(18)8(2-16)24-9/h6-13,15-22H,1-5H2/t6-,7?,8?,9+,10+,11?,12?,13?,14?/m1/s1. The summed E-state index contributed by atoms with van der Waals surface area (Å²) in [6.07, 6.45) is -9.03. The monoisotopic (exact) mass is 370 g/mol. The molecule has 2 aliphatic rings. The van der Waals surface area contributed by atoms with Gasteiger partial charge < -0.3 is 55.1 Å². The molecule has 8 N–H and O–H groups in total. The minimum absolute atomic E-state index is 0.205. The van der Waals surface area contributed by atoms with Crippen LogP contribution in [-0.4, -0.2) is 122 Å². The SMILES string of the molecule is OCC1O[C@@H](COC[C@@H]2C(CO)OC(O)(CO)C2O)C(O)C(O)[C@H]1O. The molecule has 0 aromatic heterocycles. The van der Waals surface area contributed by atoms with Gasteiger partial charge in [0.2, 0.25) is 5.79 Å². The van der Waals surface area contributed by atoms with Crippen molar-refractivity contribution in [3.05, 3.63) is 0 Å². The molecular weight excluding hydrogens is 344 g/mol. The maximum atomic E-state index is 10.0. The molecule has 0 aromatic carbocycles. The maximum Gasteiger partial charge on any atom is 0.216 e. The van der Waals surface area contributed by atoms with Crippen LogP contribution in [0.25, 0.3) is 0 Å². The summed E-state index contributed by atoms with van der Waals surface area (Å²) in [5, 5.41) is 76.8. The van der Waals surface area contributed by atoms with Crippen LogP contribution in [0.3, 0.4) is 0 Å². The van der Waals surface area contributed by atoms with Crippen molar-refractivity contribution in [2.45, 2.75) is 48.5 Å². The van der Waals surface area contributed by atoms with E-state index >= 15 is 0 Å². The van der Waals surface area contributed by atoms with Gasteiger partial charge in [-0.2, -0.15) is 0 Å². The molecule has 6 unspecified atom stereocenters. The zero-order valence-electron chi connectivity index (χ0n) is 13.5. The second-order valence-electron chi connectivity index (χ2n) is 6.36. The fraction of sp³-hybridized carbons (Fsp3) is 1.00. The summed E-state index contributed by atoms with van der Waals surface area (Å²) < 4.78 is 15.7. The van der Waals surface area contributed by atoms with Gasteiger partial charge in [-0.25, -0.2) is 0 Å². The molecule has 0 saturated carbocycles. The first-order chi connectivity index (χ1) is 11.8. The molecule has 0 bridgehead atoms. The molecule has 11 heteroatoms. The molecule has 11 nitrogen and oxygen atoms in total. The van der Waals surface area contributed by atoms with E-state index < -0.39 is 74.3 Å². The van der Waals surface area contributed by atoms with Crippen LogP contribution in [0.2, 0.25) is 0 Å². The molecule has 0 spiro atoms. The summed E-state index contributed by atoms with van der Waals surface area (Å²) in [7, 11) is 0. The number of aliphatic hydroxyl groups excluding tert-OH is 7. The van der Waals surface area contributed by atoms with E-state index in [1.54, 1.807) is 0 Å². The lowest BCUT2D eigenvalue weighted by molar-refractivity contribution is -0.248. The third kappa shape index (κ3) is 4.12. The topological polar surface area (TPSA) is 190 Å². The molecule has 2 aliphatic heterocycles. The molecule has 2 saturated heterocycles. The maximum absolute atomic E-state index is 10.0. The minimum Gasteiger partial charge on any atom is -0.394 e. The van der Waals surface area contributed by atoms with Crippen LogP contribution in [-0.2, 0) is 14.2 Å². The zero-order valence-corrected chi connectivity index (χ0v) is 13.5. The van der Waals surface area contributed by atoms with E-state index in [9.17, 15) is 30.6 Å². The van der Waals surface area contributed by atoms with Crippen LogP contribution < -0.4 is 0 Å². The van der Waals surface area contributed by atoms with Gasteiger partial charge in [0.1, 0.15) is 36.6 Å². The summed E-state index contributed by atoms with van der Waals surface area (Å²) in [6, 6.07) is 0. The van der Waals surface area contributed by atoms with Gasteiger partial charge in [-0.05, 0) is 0 Å². The summed E-state index contributed by atoms with van der Waals surface area (Å²) in [6.45, 7) is -2.40. The van der Waals surface area contributed by atoms with E-state index in [1.807, 2.05) is 0 Å². The smallest absolute Gasteiger partial charge is 0.216 e. The van der Waals surface area contributed by atoms with Gasteiger partial charge >= 0.3 is 0 Å². The number of ether oxygens (including phenoxy) is 3. The minimum atomic E-state index is -2.20. The predicted octanol–water partition coefficient (Wildman–Crippen LogP) is -5.11. The Hall–Kier alpha value is -0.440. The fourth-order valence-corrected chi connectivity index (χ4v) is 3.10. The molecule has 2 rings (SSSR count). The second-order valence-corrected chi connectivity index (χ2v) is 6.36. The fourth-order valence-electron chi connectivity index (χ4n) is 3.10. The molecule has 2 fully saturated rings. The Labute approximate surface area is 143 Å². The predicted molar refractivity (Wildman–Crippen MR) is 78.1 cm³/mol. The van der Waals surface area contributed by atoms with E-state index in [-0.39, 0.29) is 13.2 Å². The van der Waals surface area contributed by atoms with E-state index in [1.165, 1.54) is 0 Å². The van der Waals surface area contributed by atoms with Crippen LogP contribution in [0.15, 0.2) is 0 Å². The Balaban J connectivity index is 1.91. The Morgan fingerprint density at radius 1 is 0.800 bits per heavy atom. The van der Waals surface area contributed by atoms with Gasteiger partial charge in [0, 0.05) is 5.92 Å². The quantitative estimate of drug-likeness (QED) is 0.214. The van der Waals surface area contributed by atoms with Crippen molar-refractivity contribution in [2.24, 2.45) is 5.92 Å². The largest absolute Gasteiger partial charge is 0.394 e. The van der Waals surface area contributed by atoms with Crippen molar-refractivity contribution in [2.75, 3.05) is 33.0 Å². The first kappa shape index (κ1) is 20.9. The Kier molecular flexibility index (Phi) is 7.09. The van der Waals surface area contributed by atoms with Gasteiger partial charge in [-0.3, -0.25) is 0 Å². The first-order valence-corrected chi connectivity index (χ1v) is 7.97. The van der Waals surface area contributed by atoms with Crippen molar-refractivity contribution >= 4 is 0 Å². The van der Waals surface area contributed by atoms with Crippen LogP contribution in [0.1, 0.15) is 0 Å². The molecule has 0 amide bonds. The van der Waals surface area contributed by atoms with Gasteiger partial charge in [0.25, 0.3) is 0 Å². The van der Waals surface area contributed by atoms with Gasteiger partial charge in [0.15, 0.2) is 0 Å². The van der Waals surface area contributed by atoms with Crippen molar-refractivity contribution in [3.63, 3.8) is 0 Å². The highest BCUT2D eigenvalue weighted by Gasteiger charge is 2.53. The van der Waals surface area contributed by atoms with E-state index in [0.29, 0.717) is 0 Å². The lowest BCUT2D eigenvalue weighted by atomic mass is 9.95. The number of hydrogen-bond donors (Lipinski definition) is 8. The normalized spacial score (nSPS) is 48.0.